The lowest BCUT2D eigenvalue weighted by Crippen LogP contribution is -2.42. The summed E-state index contributed by atoms with van der Waals surface area (Å²) in [6.07, 6.45) is 0. The molecule has 2 aromatic carbocycles. The van der Waals surface area contributed by atoms with E-state index in [2.05, 4.69) is 10.6 Å². The van der Waals surface area contributed by atoms with E-state index >= 15 is 0 Å². The van der Waals surface area contributed by atoms with Gasteiger partial charge in [0.1, 0.15) is 23.4 Å². The van der Waals surface area contributed by atoms with Crippen LogP contribution in [-0.4, -0.2) is 66.4 Å². The molecule has 0 bridgehead atoms. The molecular weight excluding hydrogens is 452 g/mol. The van der Waals surface area contributed by atoms with Crippen LogP contribution in [0.3, 0.4) is 0 Å². The van der Waals surface area contributed by atoms with Gasteiger partial charge in [-0.3, -0.25) is 19.3 Å². The van der Waals surface area contributed by atoms with Gasteiger partial charge in [-0.2, -0.15) is 0 Å². The maximum Gasteiger partial charge on any atom is 0.325 e. The first-order valence-corrected chi connectivity index (χ1v) is 11.3. The van der Waals surface area contributed by atoms with Gasteiger partial charge in [-0.15, -0.1) is 0 Å². The second-order valence-electron chi connectivity index (χ2n) is 8.57. The molecule has 3 aromatic rings. The first-order valence-electron chi connectivity index (χ1n) is 11.3. The van der Waals surface area contributed by atoms with Crippen LogP contribution in [0.5, 0.6) is 0 Å². The molecule has 0 radical (unpaired) electrons. The highest BCUT2D eigenvalue weighted by molar-refractivity contribution is 6.14. The zero-order chi connectivity index (χ0) is 24.6. The van der Waals surface area contributed by atoms with E-state index in [1.807, 2.05) is 6.07 Å². The van der Waals surface area contributed by atoms with Gasteiger partial charge in [-0.25, -0.2) is 4.79 Å². The Morgan fingerprint density at radius 1 is 1.03 bits per heavy atom. The van der Waals surface area contributed by atoms with E-state index in [1.165, 1.54) is 0 Å². The summed E-state index contributed by atoms with van der Waals surface area (Å²) in [7, 11) is 0. The standard InChI is InChI=1S/C25H24N4O6/c1-25(16-7-3-2-4-8-16)23(32)29(24(33)27-25)15-19(30)26-20-17-9-5-6-10-18(17)35-21(20)22(31)28-11-13-34-14-12-28/h2-10H,11-15H2,1H3,(H,26,30)(H,27,33). The van der Waals surface area contributed by atoms with E-state index in [0.29, 0.717) is 42.8 Å². The Morgan fingerprint density at radius 2 is 1.71 bits per heavy atom. The molecule has 0 spiro atoms. The van der Waals surface area contributed by atoms with Crippen LogP contribution in [0, 0.1) is 0 Å². The number of carbonyl (C=O) groups is 4. The third-order valence-corrected chi connectivity index (χ3v) is 6.28. The zero-order valence-electron chi connectivity index (χ0n) is 19.1. The van der Waals surface area contributed by atoms with E-state index in [-0.39, 0.29) is 17.4 Å². The van der Waals surface area contributed by atoms with Gasteiger partial charge in [0, 0.05) is 18.5 Å². The SMILES string of the molecule is CC1(c2ccccc2)NC(=O)N(CC(=O)Nc2c(C(=O)N3CCOCC3)oc3ccccc23)C1=O. The summed E-state index contributed by atoms with van der Waals surface area (Å²) in [5, 5.41) is 5.93. The van der Waals surface area contributed by atoms with Crippen molar-refractivity contribution < 1.29 is 28.3 Å². The second-order valence-corrected chi connectivity index (χ2v) is 8.57. The molecule has 10 heteroatoms. The van der Waals surface area contributed by atoms with Gasteiger partial charge in [0.05, 0.1) is 13.2 Å². The fraction of sp³-hybridized carbons (Fsp3) is 0.280. The van der Waals surface area contributed by atoms with Gasteiger partial charge in [0.25, 0.3) is 11.8 Å². The van der Waals surface area contributed by atoms with E-state index < -0.39 is 29.9 Å². The van der Waals surface area contributed by atoms with E-state index in [4.69, 9.17) is 9.15 Å². The predicted molar refractivity (Wildman–Crippen MR) is 126 cm³/mol. The molecule has 2 aliphatic heterocycles. The molecule has 5 amide bonds. The van der Waals surface area contributed by atoms with Crippen LogP contribution in [0.25, 0.3) is 11.0 Å². The van der Waals surface area contributed by atoms with Crippen molar-refractivity contribution in [1.82, 2.24) is 15.1 Å². The number of ether oxygens (including phenoxy) is 1. The number of hydrogen-bond donors (Lipinski definition) is 2. The number of furan rings is 1. The Hall–Kier alpha value is -4.18. The number of anilines is 1. The van der Waals surface area contributed by atoms with Crippen LogP contribution < -0.4 is 10.6 Å². The molecule has 0 aliphatic carbocycles. The number of hydrogen-bond acceptors (Lipinski definition) is 6. The molecule has 1 atom stereocenters. The summed E-state index contributed by atoms with van der Waals surface area (Å²) in [6.45, 7) is 2.73. The van der Waals surface area contributed by atoms with E-state index in [1.54, 1.807) is 60.4 Å². The number of rotatable bonds is 5. The molecule has 10 nitrogen and oxygen atoms in total. The first-order chi connectivity index (χ1) is 16.9. The minimum absolute atomic E-state index is 0.00669. The fourth-order valence-electron chi connectivity index (χ4n) is 4.36. The van der Waals surface area contributed by atoms with Crippen LogP contribution in [0.4, 0.5) is 10.5 Å². The van der Waals surface area contributed by atoms with Gasteiger partial charge >= 0.3 is 6.03 Å². The van der Waals surface area contributed by atoms with Gasteiger partial charge in [-0.05, 0) is 24.6 Å². The average Bonchev–Trinajstić information content (AvgIpc) is 3.35. The average molecular weight is 476 g/mol. The minimum atomic E-state index is -1.28. The molecule has 2 N–H and O–H groups in total. The largest absolute Gasteiger partial charge is 0.449 e. The number of imide groups is 1. The van der Waals surface area contributed by atoms with E-state index in [9.17, 15) is 19.2 Å². The second kappa shape index (κ2) is 8.88. The Kier molecular flexibility index (Phi) is 5.73. The number of nitrogens with one attached hydrogen (secondary N) is 2. The molecule has 180 valence electrons. The minimum Gasteiger partial charge on any atom is -0.449 e. The van der Waals surface area contributed by atoms with Crippen LogP contribution in [-0.2, 0) is 19.9 Å². The highest BCUT2D eigenvalue weighted by atomic mass is 16.5. The Labute approximate surface area is 200 Å². The van der Waals surface area contributed by atoms with Gasteiger partial charge in [0.2, 0.25) is 11.7 Å². The molecule has 1 unspecified atom stereocenters. The topological polar surface area (TPSA) is 121 Å². The number of benzene rings is 2. The molecule has 35 heavy (non-hydrogen) atoms. The zero-order valence-corrected chi connectivity index (χ0v) is 19.1. The Morgan fingerprint density at radius 3 is 2.46 bits per heavy atom. The van der Waals surface area contributed by atoms with Crippen molar-refractivity contribution in [2.75, 3.05) is 38.2 Å². The number of morpholine rings is 1. The fourth-order valence-corrected chi connectivity index (χ4v) is 4.36. The molecule has 1 aromatic heterocycles. The molecule has 3 heterocycles. The molecule has 2 saturated heterocycles. The van der Waals surface area contributed by atoms with Crippen molar-refractivity contribution in [2.24, 2.45) is 0 Å². The molecule has 2 fully saturated rings. The summed E-state index contributed by atoms with van der Waals surface area (Å²) in [5.41, 5.74) is -0.0233. The molecule has 5 rings (SSSR count). The molecule has 0 saturated carbocycles. The molecular formula is C25H24N4O6. The Bertz CT molecular complexity index is 1310. The lowest BCUT2D eigenvalue weighted by atomic mass is 9.92. The number of fused-ring (bicyclic) bond motifs is 1. The maximum atomic E-state index is 13.2. The highest BCUT2D eigenvalue weighted by Crippen LogP contribution is 2.33. The smallest absolute Gasteiger partial charge is 0.325 e. The number of para-hydroxylation sites is 1. The maximum absolute atomic E-state index is 13.2. The van der Waals surface area contributed by atoms with Crippen molar-refractivity contribution in [3.8, 4) is 0 Å². The number of nitrogens with zero attached hydrogens (tertiary/aromatic N) is 2. The van der Waals surface area contributed by atoms with Crippen molar-refractivity contribution in [2.45, 2.75) is 12.5 Å². The van der Waals surface area contributed by atoms with Crippen molar-refractivity contribution in [3.63, 3.8) is 0 Å². The van der Waals surface area contributed by atoms with Crippen LogP contribution >= 0.6 is 0 Å². The number of amides is 5. The lowest BCUT2D eigenvalue weighted by molar-refractivity contribution is -0.133. The first kappa shape index (κ1) is 22.6. The lowest BCUT2D eigenvalue weighted by Gasteiger charge is -2.26. The van der Waals surface area contributed by atoms with E-state index in [0.717, 1.165) is 4.90 Å². The van der Waals surface area contributed by atoms with Gasteiger partial charge in [-0.1, -0.05) is 42.5 Å². The van der Waals surface area contributed by atoms with Gasteiger partial charge in [0.15, 0.2) is 0 Å². The third-order valence-electron chi connectivity index (χ3n) is 6.28. The van der Waals surface area contributed by atoms with Gasteiger partial charge < -0.3 is 24.7 Å². The quantitative estimate of drug-likeness (QED) is 0.545. The van der Waals surface area contributed by atoms with Crippen LogP contribution in [0.15, 0.2) is 59.0 Å². The summed E-state index contributed by atoms with van der Waals surface area (Å²) in [4.78, 5) is 54.4. The normalized spacial score (nSPS) is 20.3. The monoisotopic (exact) mass is 476 g/mol. The molecule has 2 aliphatic rings. The Balaban J connectivity index is 1.39. The summed E-state index contributed by atoms with van der Waals surface area (Å²) in [6, 6.07) is 15.1. The predicted octanol–water partition coefficient (Wildman–Crippen LogP) is 2.31. The highest BCUT2D eigenvalue weighted by Gasteiger charge is 2.49. The number of urea groups is 1. The summed E-state index contributed by atoms with van der Waals surface area (Å²) < 4.78 is 11.1. The van der Waals surface area contributed by atoms with Crippen molar-refractivity contribution in [1.29, 1.82) is 0 Å². The van der Waals surface area contributed by atoms with Crippen molar-refractivity contribution >= 4 is 40.4 Å². The van der Waals surface area contributed by atoms with Crippen molar-refractivity contribution in [3.05, 3.63) is 65.9 Å². The van der Waals surface area contributed by atoms with Crippen LogP contribution in [0.1, 0.15) is 23.0 Å². The third kappa shape index (κ3) is 4.01. The summed E-state index contributed by atoms with van der Waals surface area (Å²) >= 11 is 0. The van der Waals surface area contributed by atoms with Crippen LogP contribution in [0.2, 0.25) is 0 Å². The summed E-state index contributed by atoms with van der Waals surface area (Å²) in [5.74, 6) is -1.54. The number of carbonyl (C=O) groups excluding carboxylic acids is 4.